The number of nitrogens with one attached hydrogen (secondary N) is 1. The number of thioether (sulfide) groups is 1. The maximum Gasteiger partial charge on any atom is 0.321 e. The van der Waals surface area contributed by atoms with Crippen molar-refractivity contribution in [2.24, 2.45) is 5.92 Å². The van der Waals surface area contributed by atoms with Crippen molar-refractivity contribution in [3.8, 4) is 0 Å². The number of benzene rings is 1. The van der Waals surface area contributed by atoms with Crippen molar-refractivity contribution < 1.29 is 4.79 Å². The van der Waals surface area contributed by atoms with Crippen LogP contribution in [0, 0.1) is 5.92 Å². The number of carbonyl (C=O) groups is 1. The summed E-state index contributed by atoms with van der Waals surface area (Å²) in [7, 11) is 0. The molecule has 1 atom stereocenters. The van der Waals surface area contributed by atoms with Crippen molar-refractivity contribution in [3.05, 3.63) is 24.3 Å². The summed E-state index contributed by atoms with van der Waals surface area (Å²) in [6.45, 7) is 7.56. The number of hydrogen-bond acceptors (Lipinski definition) is 3. The lowest BCUT2D eigenvalue weighted by atomic mass is 10.1. The Balaban J connectivity index is 1.49. The Morgan fingerprint density at radius 3 is 2.91 bits per heavy atom. The molecule has 0 aromatic heterocycles. The van der Waals surface area contributed by atoms with E-state index in [1.54, 1.807) is 11.8 Å². The van der Waals surface area contributed by atoms with Crippen LogP contribution in [-0.4, -0.2) is 54.3 Å². The van der Waals surface area contributed by atoms with Crippen molar-refractivity contribution in [2.75, 3.05) is 43.8 Å². The van der Waals surface area contributed by atoms with Gasteiger partial charge in [-0.2, -0.15) is 0 Å². The van der Waals surface area contributed by atoms with Gasteiger partial charge in [-0.25, -0.2) is 4.79 Å². The average Bonchev–Trinajstić information content (AvgIpc) is 3.20. The SMILES string of the molecule is CCSc1cccc(NC(=O)N2CCC(CN3CCCC3)C2)c1. The fraction of sp³-hybridized carbons (Fsp3) is 0.611. The van der Waals surface area contributed by atoms with Crippen LogP contribution in [0.25, 0.3) is 0 Å². The number of anilines is 1. The molecule has 2 aliphatic heterocycles. The summed E-state index contributed by atoms with van der Waals surface area (Å²) in [5.41, 5.74) is 0.899. The van der Waals surface area contributed by atoms with Crippen LogP contribution in [0.1, 0.15) is 26.2 Å². The molecule has 5 heteroatoms. The fourth-order valence-electron chi connectivity index (χ4n) is 3.53. The standard InChI is InChI=1S/C18H27N3OS/c1-2-23-17-7-5-6-16(12-17)19-18(22)21-11-8-15(14-21)13-20-9-3-4-10-20/h5-7,12,15H,2-4,8-11,13-14H2,1H3,(H,19,22). The number of carbonyl (C=O) groups excluding carboxylic acids is 1. The van der Waals surface area contributed by atoms with Crippen LogP contribution in [0.15, 0.2) is 29.2 Å². The van der Waals surface area contributed by atoms with Gasteiger partial charge >= 0.3 is 6.03 Å². The molecular formula is C18H27N3OS. The molecule has 1 aromatic carbocycles. The highest BCUT2D eigenvalue weighted by molar-refractivity contribution is 7.99. The lowest BCUT2D eigenvalue weighted by Gasteiger charge is -2.21. The normalized spacial score (nSPS) is 21.8. The predicted molar refractivity (Wildman–Crippen MR) is 97.2 cm³/mol. The van der Waals surface area contributed by atoms with Crippen LogP contribution >= 0.6 is 11.8 Å². The van der Waals surface area contributed by atoms with Crippen molar-refractivity contribution >= 4 is 23.5 Å². The van der Waals surface area contributed by atoms with Gasteiger partial charge in [-0.05, 0) is 62.2 Å². The van der Waals surface area contributed by atoms with Crippen LogP contribution in [0.3, 0.4) is 0 Å². The molecule has 1 aromatic rings. The van der Waals surface area contributed by atoms with E-state index in [1.807, 2.05) is 17.0 Å². The first-order valence-electron chi connectivity index (χ1n) is 8.75. The van der Waals surface area contributed by atoms with Crippen LogP contribution in [-0.2, 0) is 0 Å². The van der Waals surface area contributed by atoms with Crippen molar-refractivity contribution in [1.29, 1.82) is 0 Å². The monoisotopic (exact) mass is 333 g/mol. The van der Waals surface area contributed by atoms with Crippen LogP contribution in [0.5, 0.6) is 0 Å². The highest BCUT2D eigenvalue weighted by Gasteiger charge is 2.28. The van der Waals surface area contributed by atoms with E-state index in [0.717, 1.165) is 37.5 Å². The molecule has 0 radical (unpaired) electrons. The summed E-state index contributed by atoms with van der Waals surface area (Å²) < 4.78 is 0. The Bertz CT molecular complexity index is 531. The van der Waals surface area contributed by atoms with E-state index >= 15 is 0 Å². The van der Waals surface area contributed by atoms with Gasteiger partial charge in [-0.15, -0.1) is 11.8 Å². The van der Waals surface area contributed by atoms with E-state index in [1.165, 1.54) is 30.8 Å². The van der Waals surface area contributed by atoms with E-state index < -0.39 is 0 Å². The van der Waals surface area contributed by atoms with Gasteiger partial charge in [0.15, 0.2) is 0 Å². The van der Waals surface area contributed by atoms with E-state index in [9.17, 15) is 4.79 Å². The van der Waals surface area contributed by atoms with Crippen LogP contribution in [0.4, 0.5) is 10.5 Å². The molecule has 2 saturated heterocycles. The number of nitrogens with zero attached hydrogens (tertiary/aromatic N) is 2. The first-order chi connectivity index (χ1) is 11.2. The Kier molecular flexibility index (Phi) is 5.84. The van der Waals surface area contributed by atoms with Gasteiger partial charge in [-0.1, -0.05) is 13.0 Å². The zero-order chi connectivity index (χ0) is 16.1. The van der Waals surface area contributed by atoms with Crippen molar-refractivity contribution in [3.63, 3.8) is 0 Å². The largest absolute Gasteiger partial charge is 0.324 e. The van der Waals surface area contributed by atoms with E-state index in [2.05, 4.69) is 29.3 Å². The molecule has 4 nitrogen and oxygen atoms in total. The molecule has 2 heterocycles. The summed E-state index contributed by atoms with van der Waals surface area (Å²) in [6.07, 6.45) is 3.81. The second kappa shape index (κ2) is 8.06. The predicted octanol–water partition coefficient (Wildman–Crippen LogP) is 3.75. The third-order valence-electron chi connectivity index (χ3n) is 4.68. The van der Waals surface area contributed by atoms with Gasteiger partial charge in [0.25, 0.3) is 0 Å². The van der Waals surface area contributed by atoms with Gasteiger partial charge in [0.05, 0.1) is 0 Å². The average molecular weight is 334 g/mol. The topological polar surface area (TPSA) is 35.6 Å². The van der Waals surface area contributed by atoms with E-state index in [0.29, 0.717) is 5.92 Å². The van der Waals surface area contributed by atoms with Crippen molar-refractivity contribution in [1.82, 2.24) is 9.80 Å². The van der Waals surface area contributed by atoms with Gasteiger partial charge in [0.2, 0.25) is 0 Å². The summed E-state index contributed by atoms with van der Waals surface area (Å²) >= 11 is 1.80. The summed E-state index contributed by atoms with van der Waals surface area (Å²) in [5, 5.41) is 3.06. The third kappa shape index (κ3) is 4.64. The fourth-order valence-corrected chi connectivity index (χ4v) is 4.25. The third-order valence-corrected chi connectivity index (χ3v) is 5.56. The van der Waals surface area contributed by atoms with Crippen LogP contribution < -0.4 is 5.32 Å². The Morgan fingerprint density at radius 1 is 1.30 bits per heavy atom. The molecule has 0 bridgehead atoms. The highest BCUT2D eigenvalue weighted by atomic mass is 32.2. The molecule has 3 rings (SSSR count). The molecule has 126 valence electrons. The number of rotatable bonds is 5. The zero-order valence-electron chi connectivity index (χ0n) is 14.0. The number of likely N-dealkylation sites (tertiary alicyclic amines) is 2. The quantitative estimate of drug-likeness (QED) is 0.834. The minimum absolute atomic E-state index is 0.0487. The van der Waals surface area contributed by atoms with E-state index in [-0.39, 0.29) is 6.03 Å². The Labute approximate surface area is 143 Å². The molecule has 1 N–H and O–H groups in total. The van der Waals surface area contributed by atoms with E-state index in [4.69, 9.17) is 0 Å². The molecule has 23 heavy (non-hydrogen) atoms. The second-order valence-corrected chi connectivity index (χ2v) is 7.84. The zero-order valence-corrected chi connectivity index (χ0v) is 14.8. The van der Waals surface area contributed by atoms with Crippen molar-refractivity contribution in [2.45, 2.75) is 31.1 Å². The van der Waals surface area contributed by atoms with Gasteiger partial charge < -0.3 is 15.1 Å². The second-order valence-electron chi connectivity index (χ2n) is 6.50. The molecular weight excluding hydrogens is 306 g/mol. The molecule has 2 amide bonds. The lowest BCUT2D eigenvalue weighted by Crippen LogP contribution is -2.34. The molecule has 2 aliphatic rings. The number of hydrogen-bond donors (Lipinski definition) is 1. The molecule has 0 aliphatic carbocycles. The van der Waals surface area contributed by atoms with Crippen LogP contribution in [0.2, 0.25) is 0 Å². The molecule has 2 fully saturated rings. The van der Waals surface area contributed by atoms with Gasteiger partial charge in [-0.3, -0.25) is 0 Å². The Hall–Kier alpha value is -1.20. The number of amides is 2. The molecule has 0 spiro atoms. The lowest BCUT2D eigenvalue weighted by molar-refractivity contribution is 0.217. The highest BCUT2D eigenvalue weighted by Crippen LogP contribution is 2.23. The molecule has 1 unspecified atom stereocenters. The maximum absolute atomic E-state index is 12.5. The summed E-state index contributed by atoms with van der Waals surface area (Å²) in [4.78, 5) is 18.2. The summed E-state index contributed by atoms with van der Waals surface area (Å²) in [5.74, 6) is 1.68. The van der Waals surface area contributed by atoms with Gasteiger partial charge in [0, 0.05) is 30.2 Å². The minimum Gasteiger partial charge on any atom is -0.324 e. The summed E-state index contributed by atoms with van der Waals surface area (Å²) in [6, 6.07) is 8.17. The van der Waals surface area contributed by atoms with Gasteiger partial charge in [0.1, 0.15) is 0 Å². The smallest absolute Gasteiger partial charge is 0.321 e. The Morgan fingerprint density at radius 2 is 2.13 bits per heavy atom. The maximum atomic E-state index is 12.5. The minimum atomic E-state index is 0.0487. The number of urea groups is 1. The first-order valence-corrected chi connectivity index (χ1v) is 9.74. The first kappa shape index (κ1) is 16.7. The molecule has 0 saturated carbocycles.